The minimum atomic E-state index is 0. The van der Waals surface area contributed by atoms with Crippen molar-refractivity contribution in [1.82, 2.24) is 5.32 Å². The van der Waals surface area contributed by atoms with Gasteiger partial charge in [0.15, 0.2) is 0 Å². The Morgan fingerprint density at radius 1 is 1.27 bits per heavy atom. The quantitative estimate of drug-likeness (QED) is 0.844. The van der Waals surface area contributed by atoms with Crippen LogP contribution in [0.5, 0.6) is 0 Å². The highest BCUT2D eigenvalue weighted by Crippen LogP contribution is 2.32. The number of carbonyl (C=O) groups is 1. The van der Waals surface area contributed by atoms with Crippen molar-refractivity contribution in [2.75, 3.05) is 6.54 Å². The smallest absolute Gasteiger partial charge is 0.220 e. The first-order valence-corrected chi connectivity index (χ1v) is 7.99. The molecular weight excluding hydrogens is 296 g/mol. The third-order valence-electron chi connectivity index (χ3n) is 4.25. The molecule has 1 fully saturated rings. The summed E-state index contributed by atoms with van der Waals surface area (Å²) in [5, 5.41) is 3.07. The Morgan fingerprint density at radius 3 is 2.32 bits per heavy atom. The molecule has 1 aromatic rings. The van der Waals surface area contributed by atoms with Gasteiger partial charge in [0.25, 0.3) is 0 Å². The van der Waals surface area contributed by atoms with E-state index in [2.05, 4.69) is 50.4 Å². The fourth-order valence-corrected chi connectivity index (χ4v) is 2.58. The Hall–Kier alpha value is -1.06. The maximum Gasteiger partial charge on any atom is 0.220 e. The van der Waals surface area contributed by atoms with Crippen molar-refractivity contribution in [3.63, 3.8) is 0 Å². The first kappa shape index (κ1) is 19.0. The van der Waals surface area contributed by atoms with E-state index in [-0.39, 0.29) is 29.8 Å². The normalized spacial score (nSPS) is 15.8. The summed E-state index contributed by atoms with van der Waals surface area (Å²) in [6, 6.07) is 8.78. The summed E-state index contributed by atoms with van der Waals surface area (Å²) in [5.41, 5.74) is 8.43. The van der Waals surface area contributed by atoms with Gasteiger partial charge in [0.1, 0.15) is 0 Å². The number of nitrogens with two attached hydrogens (primary N) is 1. The van der Waals surface area contributed by atoms with Crippen LogP contribution in [0.1, 0.15) is 51.2 Å². The molecule has 1 amide bonds. The van der Waals surface area contributed by atoms with Crippen molar-refractivity contribution in [2.45, 2.75) is 57.9 Å². The number of hydrogen-bond acceptors (Lipinski definition) is 2. The lowest BCUT2D eigenvalue weighted by atomic mass is 9.86. The van der Waals surface area contributed by atoms with Gasteiger partial charge in [-0.05, 0) is 41.7 Å². The van der Waals surface area contributed by atoms with Gasteiger partial charge in [-0.3, -0.25) is 4.79 Å². The van der Waals surface area contributed by atoms with Crippen molar-refractivity contribution in [3.05, 3.63) is 35.4 Å². The second-order valence-corrected chi connectivity index (χ2v) is 7.19. The molecule has 4 heteroatoms. The Labute approximate surface area is 140 Å². The Kier molecular flexibility index (Phi) is 6.89. The summed E-state index contributed by atoms with van der Waals surface area (Å²) in [7, 11) is 0. The highest BCUT2D eigenvalue weighted by atomic mass is 35.5. The Morgan fingerprint density at radius 2 is 1.86 bits per heavy atom. The molecule has 0 spiro atoms. The lowest BCUT2D eigenvalue weighted by Gasteiger charge is -2.19. The standard InChI is InChI=1S/C18H28N2O.ClH/c1-18(2,3)15-9-4-13(5-10-15)6-11-17(21)20-16(12-19)14-7-8-14;/h4-5,9-10,14,16H,6-8,11-12,19H2,1-3H3,(H,20,21);1H. The van der Waals surface area contributed by atoms with Crippen LogP contribution < -0.4 is 11.1 Å². The summed E-state index contributed by atoms with van der Waals surface area (Å²) < 4.78 is 0. The van der Waals surface area contributed by atoms with Gasteiger partial charge in [0, 0.05) is 19.0 Å². The lowest BCUT2D eigenvalue weighted by Crippen LogP contribution is -2.41. The van der Waals surface area contributed by atoms with Gasteiger partial charge in [-0.15, -0.1) is 12.4 Å². The molecule has 22 heavy (non-hydrogen) atoms. The summed E-state index contributed by atoms with van der Waals surface area (Å²) in [5.74, 6) is 0.738. The summed E-state index contributed by atoms with van der Waals surface area (Å²) in [6.07, 6.45) is 3.74. The first-order chi connectivity index (χ1) is 9.90. The number of halogens is 1. The zero-order chi connectivity index (χ0) is 15.5. The van der Waals surface area contributed by atoms with Crippen molar-refractivity contribution in [1.29, 1.82) is 0 Å². The van der Waals surface area contributed by atoms with E-state index < -0.39 is 0 Å². The molecule has 2 rings (SSSR count). The van der Waals surface area contributed by atoms with Crippen LogP contribution in [0, 0.1) is 5.92 Å². The van der Waals surface area contributed by atoms with Crippen LogP contribution in [-0.2, 0) is 16.6 Å². The predicted molar refractivity (Wildman–Crippen MR) is 94.4 cm³/mol. The van der Waals surface area contributed by atoms with E-state index in [0.29, 0.717) is 18.9 Å². The molecule has 0 radical (unpaired) electrons. The summed E-state index contributed by atoms with van der Waals surface area (Å²) in [6.45, 7) is 7.18. The minimum Gasteiger partial charge on any atom is -0.352 e. The molecule has 3 nitrogen and oxygen atoms in total. The van der Waals surface area contributed by atoms with E-state index >= 15 is 0 Å². The number of rotatable bonds is 6. The highest BCUT2D eigenvalue weighted by Gasteiger charge is 2.30. The number of nitrogens with one attached hydrogen (secondary N) is 1. The third-order valence-corrected chi connectivity index (χ3v) is 4.25. The van der Waals surface area contributed by atoms with E-state index in [0.717, 1.165) is 6.42 Å². The van der Waals surface area contributed by atoms with Crippen molar-refractivity contribution < 1.29 is 4.79 Å². The van der Waals surface area contributed by atoms with Crippen LogP contribution in [0.3, 0.4) is 0 Å². The van der Waals surface area contributed by atoms with Crippen molar-refractivity contribution in [2.24, 2.45) is 11.7 Å². The van der Waals surface area contributed by atoms with Crippen LogP contribution in [0.4, 0.5) is 0 Å². The van der Waals surface area contributed by atoms with Crippen LogP contribution in [-0.4, -0.2) is 18.5 Å². The zero-order valence-corrected chi connectivity index (χ0v) is 14.7. The largest absolute Gasteiger partial charge is 0.352 e. The van der Waals surface area contributed by atoms with E-state index in [9.17, 15) is 4.79 Å². The third kappa shape index (κ3) is 5.62. The van der Waals surface area contributed by atoms with Gasteiger partial charge in [-0.25, -0.2) is 0 Å². The van der Waals surface area contributed by atoms with Gasteiger partial charge < -0.3 is 11.1 Å². The molecule has 1 atom stereocenters. The molecule has 0 aliphatic heterocycles. The maximum absolute atomic E-state index is 12.0. The second-order valence-electron chi connectivity index (χ2n) is 7.19. The molecular formula is C18H29ClN2O. The molecule has 1 aliphatic carbocycles. The summed E-state index contributed by atoms with van der Waals surface area (Å²) >= 11 is 0. The molecule has 1 aromatic carbocycles. The monoisotopic (exact) mass is 324 g/mol. The van der Waals surface area contributed by atoms with Gasteiger partial charge in [0.05, 0.1) is 0 Å². The Balaban J connectivity index is 0.00000242. The first-order valence-electron chi connectivity index (χ1n) is 7.99. The second kappa shape index (κ2) is 7.98. The Bertz CT molecular complexity index is 475. The molecule has 0 saturated heterocycles. The minimum absolute atomic E-state index is 0. The van der Waals surface area contributed by atoms with Crippen LogP contribution in [0.15, 0.2) is 24.3 Å². The fourth-order valence-electron chi connectivity index (χ4n) is 2.58. The van der Waals surface area contributed by atoms with Gasteiger partial charge in [-0.1, -0.05) is 45.0 Å². The van der Waals surface area contributed by atoms with Crippen molar-refractivity contribution in [3.8, 4) is 0 Å². The highest BCUT2D eigenvalue weighted by molar-refractivity contribution is 5.85. The van der Waals surface area contributed by atoms with E-state index in [4.69, 9.17) is 5.73 Å². The van der Waals surface area contributed by atoms with Gasteiger partial charge in [0.2, 0.25) is 5.91 Å². The molecule has 1 unspecified atom stereocenters. The van der Waals surface area contributed by atoms with Crippen LogP contribution >= 0.6 is 12.4 Å². The predicted octanol–water partition coefficient (Wildman–Crippen LogP) is 3.19. The average Bonchev–Trinajstić information content (AvgIpc) is 3.26. The number of benzene rings is 1. The van der Waals surface area contributed by atoms with Gasteiger partial charge in [-0.2, -0.15) is 0 Å². The SMILES string of the molecule is CC(C)(C)c1ccc(CCC(=O)NC(CN)C2CC2)cc1.Cl. The number of amides is 1. The number of hydrogen-bond donors (Lipinski definition) is 2. The van der Waals surface area contributed by atoms with Gasteiger partial charge >= 0.3 is 0 Å². The average molecular weight is 325 g/mol. The summed E-state index contributed by atoms with van der Waals surface area (Å²) in [4.78, 5) is 12.0. The topological polar surface area (TPSA) is 55.1 Å². The van der Waals surface area contributed by atoms with E-state index in [1.165, 1.54) is 24.0 Å². The maximum atomic E-state index is 12.0. The molecule has 1 aliphatic rings. The lowest BCUT2D eigenvalue weighted by molar-refractivity contribution is -0.121. The molecule has 0 bridgehead atoms. The van der Waals surface area contributed by atoms with E-state index in [1.807, 2.05) is 0 Å². The number of carbonyl (C=O) groups excluding carboxylic acids is 1. The molecule has 1 saturated carbocycles. The molecule has 3 N–H and O–H groups in total. The molecule has 0 heterocycles. The van der Waals surface area contributed by atoms with Crippen LogP contribution in [0.25, 0.3) is 0 Å². The number of aryl methyl sites for hydroxylation is 1. The van der Waals surface area contributed by atoms with E-state index in [1.54, 1.807) is 0 Å². The van der Waals surface area contributed by atoms with Crippen LogP contribution in [0.2, 0.25) is 0 Å². The zero-order valence-electron chi connectivity index (χ0n) is 13.9. The van der Waals surface area contributed by atoms with Crippen molar-refractivity contribution >= 4 is 18.3 Å². The molecule has 0 aromatic heterocycles. The molecule has 124 valence electrons. The fraction of sp³-hybridized carbons (Fsp3) is 0.611.